The van der Waals surface area contributed by atoms with E-state index in [4.69, 9.17) is 10.5 Å². The minimum Gasteiger partial charge on any atom is -0.297 e. The Balaban J connectivity index is 2.40. The van der Waals surface area contributed by atoms with Crippen molar-refractivity contribution in [3.8, 4) is 12.1 Å². The van der Waals surface area contributed by atoms with Crippen LogP contribution < -0.4 is 5.56 Å². The number of nitrogens with zero attached hydrogens (tertiary/aromatic N) is 4. The third-order valence-corrected chi connectivity index (χ3v) is 3.31. The van der Waals surface area contributed by atoms with Gasteiger partial charge < -0.3 is 0 Å². The Kier molecular flexibility index (Phi) is 4.30. The van der Waals surface area contributed by atoms with Gasteiger partial charge in [-0.05, 0) is 25.0 Å². The second kappa shape index (κ2) is 6.15. The normalized spacial score (nSPS) is 11.8. The van der Waals surface area contributed by atoms with E-state index < -0.39 is 11.7 Å². The molecule has 0 aliphatic carbocycles. The SMILES string of the molecule is Cc1cc2c(=O)n(C[C@@H](C#N)CCC#N)cnc2cc1F. The summed E-state index contributed by atoms with van der Waals surface area (Å²) in [6.07, 6.45) is 1.98. The number of nitriles is 2. The molecular weight excluding hydrogens is 271 g/mol. The van der Waals surface area contributed by atoms with E-state index in [9.17, 15) is 9.18 Å². The van der Waals surface area contributed by atoms with Crippen LogP contribution in [-0.4, -0.2) is 9.55 Å². The molecule has 0 spiro atoms. The Hall–Kier alpha value is -2.73. The summed E-state index contributed by atoms with van der Waals surface area (Å²) in [5, 5.41) is 17.9. The molecule has 0 radical (unpaired) electrons. The summed E-state index contributed by atoms with van der Waals surface area (Å²) in [5.41, 5.74) is 0.366. The number of hydrogen-bond acceptors (Lipinski definition) is 4. The zero-order valence-electron chi connectivity index (χ0n) is 11.5. The average Bonchev–Trinajstić information content (AvgIpc) is 2.48. The summed E-state index contributed by atoms with van der Waals surface area (Å²) >= 11 is 0. The molecule has 1 aromatic heterocycles. The molecule has 0 aliphatic rings. The van der Waals surface area contributed by atoms with Crippen LogP contribution in [0.4, 0.5) is 4.39 Å². The number of aryl methyl sites for hydroxylation is 1. The second-order valence-electron chi connectivity index (χ2n) is 4.84. The van der Waals surface area contributed by atoms with Gasteiger partial charge in [-0.15, -0.1) is 0 Å². The third kappa shape index (κ3) is 3.06. The quantitative estimate of drug-likeness (QED) is 0.862. The Labute approximate surface area is 120 Å². The van der Waals surface area contributed by atoms with Gasteiger partial charge in [0.2, 0.25) is 0 Å². The van der Waals surface area contributed by atoms with Crippen LogP contribution in [0.1, 0.15) is 18.4 Å². The maximum absolute atomic E-state index is 13.5. The minimum absolute atomic E-state index is 0.177. The molecule has 0 saturated heterocycles. The first-order valence-electron chi connectivity index (χ1n) is 6.48. The summed E-state index contributed by atoms with van der Waals surface area (Å²) in [7, 11) is 0. The molecule has 5 nitrogen and oxygen atoms in total. The number of benzene rings is 1. The van der Waals surface area contributed by atoms with Gasteiger partial charge in [-0.2, -0.15) is 10.5 Å². The van der Waals surface area contributed by atoms with Crippen molar-refractivity contribution in [1.82, 2.24) is 9.55 Å². The summed E-state index contributed by atoms with van der Waals surface area (Å²) < 4.78 is 14.8. The molecule has 2 rings (SSSR count). The first kappa shape index (κ1) is 14.7. The van der Waals surface area contributed by atoms with E-state index in [1.165, 1.54) is 23.0 Å². The number of halogens is 1. The highest BCUT2D eigenvalue weighted by molar-refractivity contribution is 5.78. The lowest BCUT2D eigenvalue weighted by Crippen LogP contribution is -2.24. The van der Waals surface area contributed by atoms with Crippen molar-refractivity contribution in [2.45, 2.75) is 26.3 Å². The van der Waals surface area contributed by atoms with Crippen molar-refractivity contribution in [3.63, 3.8) is 0 Å². The summed E-state index contributed by atoms with van der Waals surface area (Å²) in [5.74, 6) is -0.834. The van der Waals surface area contributed by atoms with Gasteiger partial charge in [0.1, 0.15) is 5.82 Å². The maximum Gasteiger partial charge on any atom is 0.261 e. The van der Waals surface area contributed by atoms with E-state index in [1.54, 1.807) is 6.92 Å². The Morgan fingerprint density at radius 3 is 2.86 bits per heavy atom. The summed E-state index contributed by atoms with van der Waals surface area (Å²) in [4.78, 5) is 16.4. The van der Waals surface area contributed by atoms with Crippen molar-refractivity contribution in [2.75, 3.05) is 0 Å². The molecule has 0 N–H and O–H groups in total. The second-order valence-corrected chi connectivity index (χ2v) is 4.84. The fourth-order valence-electron chi connectivity index (χ4n) is 2.09. The molecule has 0 aliphatic heterocycles. The molecule has 0 bridgehead atoms. The first-order chi connectivity index (χ1) is 10.1. The maximum atomic E-state index is 13.5. The van der Waals surface area contributed by atoms with Gasteiger partial charge in [-0.1, -0.05) is 0 Å². The molecule has 1 aromatic carbocycles. The summed E-state index contributed by atoms with van der Waals surface area (Å²) in [6, 6.07) is 6.76. The van der Waals surface area contributed by atoms with Crippen molar-refractivity contribution >= 4 is 10.9 Å². The predicted octanol–water partition coefficient (Wildman–Crippen LogP) is 2.29. The topological polar surface area (TPSA) is 82.5 Å². The number of aromatic nitrogens is 2. The van der Waals surface area contributed by atoms with Gasteiger partial charge in [-0.3, -0.25) is 9.36 Å². The predicted molar refractivity (Wildman–Crippen MR) is 74.6 cm³/mol. The van der Waals surface area contributed by atoms with Crippen LogP contribution >= 0.6 is 0 Å². The average molecular weight is 284 g/mol. The van der Waals surface area contributed by atoms with Crippen LogP contribution in [0, 0.1) is 41.3 Å². The number of rotatable bonds is 4. The fourth-order valence-corrected chi connectivity index (χ4v) is 2.09. The van der Waals surface area contributed by atoms with E-state index in [-0.39, 0.29) is 18.5 Å². The molecule has 21 heavy (non-hydrogen) atoms. The zero-order valence-corrected chi connectivity index (χ0v) is 11.5. The number of hydrogen-bond donors (Lipinski definition) is 0. The van der Waals surface area contributed by atoms with Gasteiger partial charge in [0.15, 0.2) is 0 Å². The molecule has 0 amide bonds. The van der Waals surface area contributed by atoms with Crippen LogP contribution in [0.3, 0.4) is 0 Å². The molecule has 0 fully saturated rings. The smallest absolute Gasteiger partial charge is 0.261 e. The van der Waals surface area contributed by atoms with Crippen LogP contribution in [0.5, 0.6) is 0 Å². The van der Waals surface area contributed by atoms with Gasteiger partial charge in [0, 0.05) is 19.0 Å². The van der Waals surface area contributed by atoms with E-state index in [2.05, 4.69) is 11.1 Å². The molecule has 0 saturated carbocycles. The molecule has 106 valence electrons. The zero-order chi connectivity index (χ0) is 15.4. The monoisotopic (exact) mass is 284 g/mol. The minimum atomic E-state index is -0.428. The molecule has 0 unspecified atom stereocenters. The third-order valence-electron chi connectivity index (χ3n) is 3.31. The Bertz CT molecular complexity index is 813. The van der Waals surface area contributed by atoms with Crippen LogP contribution in [-0.2, 0) is 6.54 Å². The molecule has 1 atom stereocenters. The van der Waals surface area contributed by atoms with E-state index in [1.807, 2.05) is 6.07 Å². The van der Waals surface area contributed by atoms with Crippen molar-refractivity contribution < 1.29 is 4.39 Å². The lowest BCUT2D eigenvalue weighted by atomic mass is 10.1. The van der Waals surface area contributed by atoms with Crippen molar-refractivity contribution in [3.05, 3.63) is 40.2 Å². The highest BCUT2D eigenvalue weighted by Gasteiger charge is 2.12. The van der Waals surface area contributed by atoms with Gasteiger partial charge in [0.25, 0.3) is 5.56 Å². The summed E-state index contributed by atoms with van der Waals surface area (Å²) in [6.45, 7) is 1.76. The van der Waals surface area contributed by atoms with E-state index >= 15 is 0 Å². The lowest BCUT2D eigenvalue weighted by Gasteiger charge is -2.10. The van der Waals surface area contributed by atoms with Gasteiger partial charge in [0.05, 0.1) is 35.3 Å². The van der Waals surface area contributed by atoms with E-state index in [0.717, 1.165) is 0 Å². The van der Waals surface area contributed by atoms with Crippen LogP contribution in [0.15, 0.2) is 23.3 Å². The molecular formula is C15H13FN4O. The molecule has 6 heteroatoms. The molecule has 1 heterocycles. The van der Waals surface area contributed by atoms with Gasteiger partial charge in [-0.25, -0.2) is 9.37 Å². The highest BCUT2D eigenvalue weighted by Crippen LogP contribution is 2.14. The Morgan fingerprint density at radius 2 is 2.19 bits per heavy atom. The largest absolute Gasteiger partial charge is 0.297 e. The first-order valence-corrected chi connectivity index (χ1v) is 6.48. The van der Waals surface area contributed by atoms with Crippen molar-refractivity contribution in [2.24, 2.45) is 5.92 Å². The lowest BCUT2D eigenvalue weighted by molar-refractivity contribution is 0.498. The van der Waals surface area contributed by atoms with Crippen molar-refractivity contribution in [1.29, 1.82) is 10.5 Å². The molecule has 2 aromatic rings. The number of fused-ring (bicyclic) bond motifs is 1. The van der Waals surface area contributed by atoms with Crippen LogP contribution in [0.2, 0.25) is 0 Å². The highest BCUT2D eigenvalue weighted by atomic mass is 19.1. The van der Waals surface area contributed by atoms with E-state index in [0.29, 0.717) is 22.9 Å². The fraction of sp³-hybridized carbons (Fsp3) is 0.333. The Morgan fingerprint density at radius 1 is 1.43 bits per heavy atom. The van der Waals surface area contributed by atoms with Gasteiger partial charge >= 0.3 is 0 Å². The van der Waals surface area contributed by atoms with Crippen LogP contribution in [0.25, 0.3) is 10.9 Å². The standard InChI is InChI=1S/C15H13FN4O/c1-10-5-12-14(6-13(10)16)19-9-20(15(12)21)8-11(7-18)3-2-4-17/h5-6,9,11H,2-3,8H2,1H3/t11-/m1/s1.